The third kappa shape index (κ3) is 1.64. The van der Waals surface area contributed by atoms with E-state index in [9.17, 15) is 4.57 Å². The molecule has 4 heteroatoms. The zero-order chi connectivity index (χ0) is 7.56. The fourth-order valence-corrected chi connectivity index (χ4v) is 1.25. The second kappa shape index (κ2) is 2.93. The quantitative estimate of drug-likeness (QED) is 0.547. The molecule has 0 aromatic carbocycles. The minimum Gasteiger partial charge on any atom is -0.309 e. The summed E-state index contributed by atoms with van der Waals surface area (Å²) in [6, 6.07) is 0. The summed E-state index contributed by atoms with van der Waals surface area (Å²) in [7, 11) is -1.37. The maximum atomic E-state index is 10.8. The smallest absolute Gasteiger partial charge is 0.309 e. The molecular formula is C6H9NO2P+. The van der Waals surface area contributed by atoms with Gasteiger partial charge in [-0.25, -0.2) is 0 Å². The molecule has 2 atom stereocenters. The lowest BCUT2D eigenvalue weighted by molar-refractivity contribution is 0.245. The van der Waals surface area contributed by atoms with Crippen molar-refractivity contribution in [2.75, 3.05) is 6.66 Å². The van der Waals surface area contributed by atoms with Crippen LogP contribution < -0.4 is 0 Å². The average molecular weight is 158 g/mol. The van der Waals surface area contributed by atoms with Crippen LogP contribution in [0.3, 0.4) is 0 Å². The fraction of sp³-hybridized carbons (Fsp3) is 0.500. The summed E-state index contributed by atoms with van der Waals surface area (Å²) >= 11 is 0. The summed E-state index contributed by atoms with van der Waals surface area (Å²) in [6.07, 6.45) is 3.48. The highest BCUT2D eigenvalue weighted by molar-refractivity contribution is 7.48. The van der Waals surface area contributed by atoms with Crippen molar-refractivity contribution in [2.45, 2.75) is 6.92 Å². The Morgan fingerprint density at radius 3 is 2.90 bits per heavy atom. The van der Waals surface area contributed by atoms with Crippen molar-refractivity contribution >= 4 is 14.0 Å². The summed E-state index contributed by atoms with van der Waals surface area (Å²) in [4.78, 5) is 4.76. The number of nitrogens with zero attached hydrogens (tertiary/aromatic N) is 1. The van der Waals surface area contributed by atoms with Crippen LogP contribution in [0.5, 0.6) is 0 Å². The molecule has 1 rings (SSSR count). The monoisotopic (exact) mass is 158 g/mol. The van der Waals surface area contributed by atoms with E-state index in [0.29, 0.717) is 5.50 Å². The molecule has 0 aromatic rings. The van der Waals surface area contributed by atoms with Crippen LogP contribution in [-0.4, -0.2) is 12.9 Å². The Balaban J connectivity index is 2.71. The van der Waals surface area contributed by atoms with Gasteiger partial charge in [0.2, 0.25) is 0 Å². The van der Waals surface area contributed by atoms with Gasteiger partial charge in [-0.15, -0.1) is 0 Å². The topological polar surface area (TPSA) is 38.7 Å². The van der Waals surface area contributed by atoms with Crippen LogP contribution in [0.4, 0.5) is 0 Å². The van der Waals surface area contributed by atoms with E-state index in [4.69, 9.17) is 4.84 Å². The third-order valence-corrected chi connectivity index (χ3v) is 2.01. The molecule has 0 bridgehead atoms. The minimum atomic E-state index is -1.37. The van der Waals surface area contributed by atoms with Gasteiger partial charge in [0.05, 0.1) is 6.21 Å². The van der Waals surface area contributed by atoms with Crippen molar-refractivity contribution in [2.24, 2.45) is 11.1 Å². The summed E-state index contributed by atoms with van der Waals surface area (Å²) < 4.78 is 10.8. The van der Waals surface area contributed by atoms with Crippen molar-refractivity contribution in [3.8, 4) is 0 Å². The molecule has 1 heterocycles. The molecule has 0 radical (unpaired) electrons. The van der Waals surface area contributed by atoms with Crippen molar-refractivity contribution < 1.29 is 9.40 Å². The fourth-order valence-electron chi connectivity index (χ4n) is 0.641. The van der Waals surface area contributed by atoms with Gasteiger partial charge < -0.3 is 4.84 Å². The normalized spacial score (nSPS) is 25.2. The molecule has 54 valence electrons. The lowest BCUT2D eigenvalue weighted by Crippen LogP contribution is -1.99. The highest BCUT2D eigenvalue weighted by atomic mass is 31.1. The Kier molecular flexibility index (Phi) is 2.17. The molecule has 0 saturated carbocycles. The maximum Gasteiger partial charge on any atom is 0.414 e. The Hall–Kier alpha value is -0.690. The van der Waals surface area contributed by atoms with Crippen LogP contribution in [0.25, 0.3) is 0 Å². The van der Waals surface area contributed by atoms with E-state index < -0.39 is 7.80 Å². The van der Waals surface area contributed by atoms with Crippen molar-refractivity contribution in [3.63, 3.8) is 0 Å². The van der Waals surface area contributed by atoms with Crippen LogP contribution in [-0.2, 0) is 9.40 Å². The van der Waals surface area contributed by atoms with E-state index >= 15 is 0 Å². The Bertz CT molecular complexity index is 210. The molecule has 0 aromatic heterocycles. The molecule has 0 amide bonds. The minimum absolute atomic E-state index is 0.239. The highest BCUT2D eigenvalue weighted by Crippen LogP contribution is 2.31. The van der Waals surface area contributed by atoms with Gasteiger partial charge in [0.25, 0.3) is 0 Å². The molecule has 1 aliphatic rings. The van der Waals surface area contributed by atoms with Gasteiger partial charge in [0.1, 0.15) is 6.66 Å². The molecule has 0 N–H and O–H groups in total. The Labute approximate surface area is 60.5 Å². The first-order valence-corrected chi connectivity index (χ1v) is 4.74. The molecule has 0 aliphatic carbocycles. The van der Waals surface area contributed by atoms with Crippen LogP contribution >= 0.6 is 7.80 Å². The maximum absolute atomic E-state index is 10.8. The SMILES string of the molecule is C[C@@H]1C=NOC([P+](C)=O)=C1. The zero-order valence-corrected chi connectivity index (χ0v) is 6.84. The standard InChI is InChI=1S/C6H9NO2P/c1-5-3-6(10(2)8)9-7-4-5/h3-5H,1-2H3/q+1/t5-/m0/s1. The molecule has 0 fully saturated rings. The van der Waals surface area contributed by atoms with Crippen LogP contribution in [0, 0.1) is 5.92 Å². The van der Waals surface area contributed by atoms with Gasteiger partial charge in [0, 0.05) is 12.0 Å². The second-order valence-corrected chi connectivity index (χ2v) is 3.64. The van der Waals surface area contributed by atoms with E-state index in [1.54, 1.807) is 12.9 Å². The molecule has 0 saturated heterocycles. The highest BCUT2D eigenvalue weighted by Gasteiger charge is 2.21. The van der Waals surface area contributed by atoms with Crippen molar-refractivity contribution in [1.82, 2.24) is 0 Å². The summed E-state index contributed by atoms with van der Waals surface area (Å²) in [5.74, 6) is 0.239. The average Bonchev–Trinajstić information content (AvgIpc) is 1.88. The lowest BCUT2D eigenvalue weighted by Gasteiger charge is -2.01. The first kappa shape index (κ1) is 7.42. The number of hydrogen-bond donors (Lipinski definition) is 0. The van der Waals surface area contributed by atoms with Gasteiger partial charge in [0.15, 0.2) is 0 Å². The van der Waals surface area contributed by atoms with Gasteiger partial charge in [-0.05, 0) is 0 Å². The zero-order valence-electron chi connectivity index (χ0n) is 5.94. The van der Waals surface area contributed by atoms with Gasteiger partial charge in [-0.2, -0.15) is 0 Å². The molecule has 0 spiro atoms. The second-order valence-electron chi connectivity index (χ2n) is 2.21. The summed E-state index contributed by atoms with van der Waals surface area (Å²) in [5, 5.41) is 3.58. The number of allylic oxidation sites excluding steroid dienone is 1. The van der Waals surface area contributed by atoms with E-state index in [1.165, 1.54) is 0 Å². The van der Waals surface area contributed by atoms with Gasteiger partial charge in [-0.3, -0.25) is 0 Å². The van der Waals surface area contributed by atoms with E-state index in [1.807, 2.05) is 13.0 Å². The number of hydrogen-bond acceptors (Lipinski definition) is 3. The van der Waals surface area contributed by atoms with Crippen LogP contribution in [0.15, 0.2) is 16.7 Å². The summed E-state index contributed by atoms with van der Waals surface area (Å²) in [6.45, 7) is 3.57. The Morgan fingerprint density at radius 1 is 1.80 bits per heavy atom. The van der Waals surface area contributed by atoms with Crippen LogP contribution in [0.2, 0.25) is 0 Å². The lowest BCUT2D eigenvalue weighted by atomic mass is 10.2. The molecular weight excluding hydrogens is 149 g/mol. The predicted molar refractivity (Wildman–Crippen MR) is 40.4 cm³/mol. The predicted octanol–water partition coefficient (Wildman–Crippen LogP) is 1.94. The van der Waals surface area contributed by atoms with E-state index in [0.717, 1.165) is 0 Å². The number of oxime groups is 1. The van der Waals surface area contributed by atoms with E-state index in [2.05, 4.69) is 5.16 Å². The van der Waals surface area contributed by atoms with E-state index in [-0.39, 0.29) is 5.92 Å². The molecule has 1 unspecified atom stereocenters. The first-order valence-electron chi connectivity index (χ1n) is 3.03. The van der Waals surface area contributed by atoms with Crippen molar-refractivity contribution in [3.05, 3.63) is 11.6 Å². The van der Waals surface area contributed by atoms with Gasteiger partial charge in [-0.1, -0.05) is 16.6 Å². The van der Waals surface area contributed by atoms with Crippen LogP contribution in [0.1, 0.15) is 6.92 Å². The first-order chi connectivity index (χ1) is 4.70. The summed E-state index contributed by atoms with van der Waals surface area (Å²) in [5.41, 5.74) is 0.491. The number of rotatable bonds is 1. The Morgan fingerprint density at radius 2 is 2.50 bits per heavy atom. The van der Waals surface area contributed by atoms with Crippen molar-refractivity contribution in [1.29, 1.82) is 0 Å². The molecule has 10 heavy (non-hydrogen) atoms. The largest absolute Gasteiger partial charge is 0.414 e. The van der Waals surface area contributed by atoms with Gasteiger partial charge >= 0.3 is 13.3 Å². The molecule has 1 aliphatic heterocycles. The molecule has 3 nitrogen and oxygen atoms in total. The third-order valence-electron chi connectivity index (χ3n) is 1.16.